The summed E-state index contributed by atoms with van der Waals surface area (Å²) < 4.78 is 16.4. The second-order valence-electron chi connectivity index (χ2n) is 12.1. The van der Waals surface area contributed by atoms with Gasteiger partial charge in [-0.15, -0.1) is 0 Å². The number of pyridine rings is 1. The number of benzene rings is 1. The number of rotatable bonds is 8. The fraction of sp³-hybridized carbons (Fsp3) is 0.531. The van der Waals surface area contributed by atoms with Crippen LogP contribution in [0.3, 0.4) is 0 Å². The molecule has 214 valence electrons. The molecule has 0 N–H and O–H groups in total. The first-order valence-electron chi connectivity index (χ1n) is 14.6. The number of fused-ring (bicyclic) bond motifs is 1. The molecule has 1 aromatic carbocycles. The molecule has 2 aliphatic heterocycles. The topological polar surface area (TPSA) is 61.7 Å². The highest BCUT2D eigenvalue weighted by Crippen LogP contribution is 2.33. The third-order valence-electron chi connectivity index (χ3n) is 8.98. The number of aromatic nitrogens is 2. The number of piperidine rings is 1. The largest absolute Gasteiger partial charge is 0.343 e. The van der Waals surface area contributed by atoms with Crippen LogP contribution in [0.4, 0.5) is 4.39 Å². The first kappa shape index (κ1) is 28.3. The van der Waals surface area contributed by atoms with Crippen LogP contribution in [0, 0.1) is 24.6 Å². The highest BCUT2D eigenvalue weighted by molar-refractivity contribution is 5.99. The van der Waals surface area contributed by atoms with E-state index in [4.69, 9.17) is 0 Å². The van der Waals surface area contributed by atoms with E-state index in [2.05, 4.69) is 23.0 Å². The number of carbonyl (C=O) groups is 2. The van der Waals surface area contributed by atoms with Crippen LogP contribution in [0.2, 0.25) is 0 Å². The summed E-state index contributed by atoms with van der Waals surface area (Å²) in [5, 5.41) is 1.17. The van der Waals surface area contributed by atoms with Gasteiger partial charge < -0.3 is 19.3 Å². The lowest BCUT2D eigenvalue weighted by Crippen LogP contribution is -2.48. The van der Waals surface area contributed by atoms with Gasteiger partial charge in [0.15, 0.2) is 0 Å². The van der Waals surface area contributed by atoms with Crippen LogP contribution in [-0.4, -0.2) is 81.9 Å². The van der Waals surface area contributed by atoms with Crippen molar-refractivity contribution < 1.29 is 14.0 Å². The van der Waals surface area contributed by atoms with E-state index in [0.29, 0.717) is 23.1 Å². The van der Waals surface area contributed by atoms with Crippen molar-refractivity contribution in [2.45, 2.75) is 59.4 Å². The number of likely N-dealkylation sites (tertiary alicyclic amines) is 2. The third-order valence-corrected chi connectivity index (χ3v) is 8.98. The van der Waals surface area contributed by atoms with Crippen LogP contribution in [0.1, 0.15) is 61.5 Å². The molecule has 0 radical (unpaired) electrons. The Morgan fingerprint density at radius 1 is 1.12 bits per heavy atom. The van der Waals surface area contributed by atoms with Gasteiger partial charge in [0.05, 0.1) is 23.0 Å². The van der Waals surface area contributed by atoms with Crippen molar-refractivity contribution in [1.82, 2.24) is 24.3 Å². The van der Waals surface area contributed by atoms with E-state index in [1.807, 2.05) is 35.7 Å². The zero-order chi connectivity index (χ0) is 28.6. The van der Waals surface area contributed by atoms with Crippen molar-refractivity contribution in [3.05, 3.63) is 59.3 Å². The van der Waals surface area contributed by atoms with E-state index < -0.39 is 5.82 Å². The Morgan fingerprint density at radius 3 is 2.52 bits per heavy atom. The number of carbonyl (C=O) groups excluding carboxylic acids is 2. The zero-order valence-corrected chi connectivity index (χ0v) is 24.5. The minimum absolute atomic E-state index is 0.000549. The van der Waals surface area contributed by atoms with E-state index >= 15 is 0 Å². The summed E-state index contributed by atoms with van der Waals surface area (Å²) in [6.45, 7) is 12.7. The van der Waals surface area contributed by atoms with Gasteiger partial charge >= 0.3 is 0 Å². The molecule has 8 heteroatoms. The molecule has 0 atom stereocenters. The Hall–Kier alpha value is -3.26. The predicted octanol–water partition coefficient (Wildman–Crippen LogP) is 5.08. The van der Waals surface area contributed by atoms with Gasteiger partial charge in [-0.25, -0.2) is 4.39 Å². The van der Waals surface area contributed by atoms with Crippen LogP contribution in [0.25, 0.3) is 16.6 Å². The normalized spacial score (nSPS) is 17.0. The number of amides is 2. The number of hydrogen-bond donors (Lipinski definition) is 0. The van der Waals surface area contributed by atoms with Gasteiger partial charge in [-0.2, -0.15) is 0 Å². The van der Waals surface area contributed by atoms with E-state index in [9.17, 15) is 14.0 Å². The summed E-state index contributed by atoms with van der Waals surface area (Å²) in [5.41, 5.74) is 4.32. The lowest BCUT2D eigenvalue weighted by molar-refractivity contribution is -0.130. The second-order valence-corrected chi connectivity index (χ2v) is 12.1. The molecule has 0 unspecified atom stereocenters. The molecule has 2 saturated heterocycles. The first-order chi connectivity index (χ1) is 19.1. The minimum atomic E-state index is -0.422. The van der Waals surface area contributed by atoms with Gasteiger partial charge in [0, 0.05) is 64.0 Å². The molecule has 7 nitrogen and oxygen atoms in total. The molecule has 40 heavy (non-hydrogen) atoms. The lowest BCUT2D eigenvalue weighted by atomic mass is 9.89. The summed E-state index contributed by atoms with van der Waals surface area (Å²) in [6.07, 6.45) is 10.3. The predicted molar refractivity (Wildman–Crippen MR) is 156 cm³/mol. The highest BCUT2D eigenvalue weighted by Gasteiger charge is 2.30. The minimum Gasteiger partial charge on any atom is -0.343 e. The van der Waals surface area contributed by atoms with Crippen LogP contribution >= 0.6 is 0 Å². The molecule has 3 aromatic rings. The molecular weight excluding hydrogens is 505 g/mol. The molecule has 2 aromatic heterocycles. The number of nitrogens with zero attached hydrogens (tertiary/aromatic N) is 5. The smallest absolute Gasteiger partial charge is 0.256 e. The summed E-state index contributed by atoms with van der Waals surface area (Å²) in [7, 11) is 1.75. The second kappa shape index (κ2) is 11.7. The molecule has 0 saturated carbocycles. The Bertz CT molecular complexity index is 1390. The quantitative estimate of drug-likeness (QED) is 0.395. The molecular formula is C32H42FN5O2. The molecule has 4 heterocycles. The van der Waals surface area contributed by atoms with Crippen molar-refractivity contribution >= 4 is 22.7 Å². The molecule has 2 fully saturated rings. The van der Waals surface area contributed by atoms with Crippen molar-refractivity contribution in [3.63, 3.8) is 0 Å². The van der Waals surface area contributed by atoms with Crippen molar-refractivity contribution in [3.8, 4) is 5.69 Å². The summed E-state index contributed by atoms with van der Waals surface area (Å²) in [5.74, 6) is 0.864. The average molecular weight is 548 g/mol. The maximum atomic E-state index is 14.4. The Balaban J connectivity index is 1.30. The molecule has 0 spiro atoms. The average Bonchev–Trinajstić information content (AvgIpc) is 3.28. The van der Waals surface area contributed by atoms with Crippen LogP contribution in [0.15, 0.2) is 36.8 Å². The van der Waals surface area contributed by atoms with Crippen molar-refractivity contribution in [2.24, 2.45) is 11.8 Å². The van der Waals surface area contributed by atoms with E-state index in [1.165, 1.54) is 29.5 Å². The van der Waals surface area contributed by atoms with E-state index in [-0.39, 0.29) is 17.9 Å². The first-order valence-corrected chi connectivity index (χ1v) is 14.6. The maximum Gasteiger partial charge on any atom is 0.256 e. The highest BCUT2D eigenvalue weighted by atomic mass is 19.1. The SMILES string of the molecule is CC(=O)N1CCC(CCN2CC(Cc3cn(-c4ccc(F)cc4C(=O)N(C)C(C)C)c4cncc(C)c34)C2)CC1. The van der Waals surface area contributed by atoms with Crippen molar-refractivity contribution in [1.29, 1.82) is 0 Å². The Morgan fingerprint density at radius 2 is 1.85 bits per heavy atom. The maximum absolute atomic E-state index is 14.4. The van der Waals surface area contributed by atoms with Gasteiger partial charge in [0.25, 0.3) is 5.91 Å². The van der Waals surface area contributed by atoms with Crippen LogP contribution < -0.4 is 0 Å². The standard InChI is InChI=1S/C32H42FN5O2/c1-21(2)35(5)32(40)28-15-27(33)6-7-29(28)38-20-26(31-22(3)16-34-17-30(31)38)14-25-18-36(19-25)11-8-24-9-12-37(13-10-24)23(4)39/h6-7,15-17,20-21,24-25H,8-14,18-19H2,1-5H3. The van der Waals surface area contributed by atoms with Crippen molar-refractivity contribution in [2.75, 3.05) is 39.8 Å². The monoisotopic (exact) mass is 547 g/mol. The lowest BCUT2D eigenvalue weighted by Gasteiger charge is -2.41. The molecule has 2 amide bonds. The van der Waals surface area contributed by atoms with Crippen LogP contribution in [0.5, 0.6) is 0 Å². The number of halogens is 1. The Labute approximate surface area is 236 Å². The van der Waals surface area contributed by atoms with Crippen LogP contribution in [-0.2, 0) is 11.2 Å². The van der Waals surface area contributed by atoms with Gasteiger partial charge in [-0.1, -0.05) is 0 Å². The summed E-state index contributed by atoms with van der Waals surface area (Å²) in [4.78, 5) is 35.5. The summed E-state index contributed by atoms with van der Waals surface area (Å²) >= 11 is 0. The van der Waals surface area contributed by atoms with Gasteiger partial charge in [-0.3, -0.25) is 14.6 Å². The van der Waals surface area contributed by atoms with E-state index in [0.717, 1.165) is 63.1 Å². The fourth-order valence-corrected chi connectivity index (χ4v) is 6.31. The molecule has 0 bridgehead atoms. The third kappa shape index (κ3) is 5.78. The van der Waals surface area contributed by atoms with Gasteiger partial charge in [0.1, 0.15) is 5.82 Å². The molecule has 2 aliphatic rings. The zero-order valence-electron chi connectivity index (χ0n) is 24.5. The van der Waals surface area contributed by atoms with Gasteiger partial charge in [0.2, 0.25) is 5.91 Å². The van der Waals surface area contributed by atoms with E-state index in [1.54, 1.807) is 24.9 Å². The number of hydrogen-bond acceptors (Lipinski definition) is 4. The fourth-order valence-electron chi connectivity index (χ4n) is 6.31. The Kier molecular flexibility index (Phi) is 8.26. The molecule has 0 aliphatic carbocycles. The molecule has 5 rings (SSSR count). The summed E-state index contributed by atoms with van der Waals surface area (Å²) in [6, 6.07) is 4.47. The number of aryl methyl sites for hydroxylation is 1. The van der Waals surface area contributed by atoms with Gasteiger partial charge in [-0.05, 0) is 94.2 Å².